The summed E-state index contributed by atoms with van der Waals surface area (Å²) in [5, 5.41) is 3.41. The summed E-state index contributed by atoms with van der Waals surface area (Å²) in [5.74, 6) is 1.12. The van der Waals surface area contributed by atoms with Gasteiger partial charge in [0.2, 0.25) is 5.91 Å². The Labute approximate surface area is 163 Å². The number of hydrogen-bond donors (Lipinski definition) is 1. The van der Waals surface area contributed by atoms with Crippen LogP contribution in [0.2, 0.25) is 5.02 Å². The lowest BCUT2D eigenvalue weighted by Crippen LogP contribution is -2.29. The van der Waals surface area contributed by atoms with Crippen LogP contribution in [0.4, 0.5) is 4.39 Å². The molecule has 26 heavy (non-hydrogen) atoms. The first-order valence-corrected chi connectivity index (χ1v) is 9.93. The van der Waals surface area contributed by atoms with Crippen molar-refractivity contribution in [2.75, 3.05) is 12.9 Å². The van der Waals surface area contributed by atoms with Crippen LogP contribution in [0.3, 0.4) is 0 Å². The second-order valence-corrected chi connectivity index (χ2v) is 7.41. The van der Waals surface area contributed by atoms with E-state index in [1.807, 2.05) is 32.0 Å². The standard InChI is InChI=1S/C20H23ClFNO2S/c1-4-18(14-6-8-19(25-3)13(2)9-14)23-20(24)12-26-11-15-5-7-16(21)10-17(15)22/h5-10,18H,4,11-12H2,1-3H3,(H,23,24)/t18-/m1/s1. The summed E-state index contributed by atoms with van der Waals surface area (Å²) in [6.45, 7) is 4.01. The number of nitrogens with one attached hydrogen (secondary N) is 1. The van der Waals surface area contributed by atoms with Gasteiger partial charge in [0.1, 0.15) is 11.6 Å². The third-order valence-electron chi connectivity index (χ3n) is 4.07. The van der Waals surface area contributed by atoms with Gasteiger partial charge in [0.25, 0.3) is 0 Å². The number of benzene rings is 2. The fraction of sp³-hybridized carbons (Fsp3) is 0.350. The van der Waals surface area contributed by atoms with Gasteiger partial charge in [0.15, 0.2) is 0 Å². The van der Waals surface area contributed by atoms with Gasteiger partial charge in [-0.1, -0.05) is 36.7 Å². The van der Waals surface area contributed by atoms with Gasteiger partial charge in [-0.25, -0.2) is 4.39 Å². The first kappa shape index (κ1) is 20.6. The first-order chi connectivity index (χ1) is 12.4. The van der Waals surface area contributed by atoms with E-state index in [4.69, 9.17) is 16.3 Å². The molecule has 140 valence electrons. The summed E-state index contributed by atoms with van der Waals surface area (Å²) in [4.78, 5) is 12.3. The number of carbonyl (C=O) groups is 1. The fourth-order valence-electron chi connectivity index (χ4n) is 2.67. The van der Waals surface area contributed by atoms with Crippen molar-refractivity contribution in [2.45, 2.75) is 32.1 Å². The minimum absolute atomic E-state index is 0.0556. The van der Waals surface area contributed by atoms with E-state index in [1.165, 1.54) is 17.8 Å². The fourth-order valence-corrected chi connectivity index (χ4v) is 3.65. The highest BCUT2D eigenvalue weighted by atomic mass is 35.5. The number of halogens is 2. The minimum Gasteiger partial charge on any atom is -0.496 e. The molecule has 2 rings (SSSR count). The summed E-state index contributed by atoms with van der Waals surface area (Å²) < 4.78 is 19.0. The Kier molecular flexibility index (Phi) is 7.79. The van der Waals surface area contributed by atoms with Crippen molar-refractivity contribution in [3.05, 3.63) is 63.9 Å². The maximum absolute atomic E-state index is 13.8. The summed E-state index contributed by atoms with van der Waals surface area (Å²) in [6.07, 6.45) is 0.786. The van der Waals surface area contributed by atoms with E-state index in [9.17, 15) is 9.18 Å². The average molecular weight is 396 g/mol. The number of methoxy groups -OCH3 is 1. The van der Waals surface area contributed by atoms with Crippen LogP contribution in [0.1, 0.15) is 36.1 Å². The first-order valence-electron chi connectivity index (χ1n) is 8.40. The summed E-state index contributed by atoms with van der Waals surface area (Å²) in [5.41, 5.74) is 2.63. The molecule has 0 aromatic heterocycles. The van der Waals surface area contributed by atoms with E-state index in [0.717, 1.165) is 23.3 Å². The number of ether oxygens (including phenoxy) is 1. The molecule has 0 unspecified atom stereocenters. The molecule has 3 nitrogen and oxygen atoms in total. The van der Waals surface area contributed by atoms with Gasteiger partial charge in [-0.3, -0.25) is 4.79 Å². The molecule has 0 bridgehead atoms. The normalized spacial score (nSPS) is 11.9. The number of hydrogen-bond acceptors (Lipinski definition) is 3. The van der Waals surface area contributed by atoms with Crippen LogP contribution >= 0.6 is 23.4 Å². The third kappa shape index (κ3) is 5.64. The van der Waals surface area contributed by atoms with Crippen molar-refractivity contribution in [1.82, 2.24) is 5.32 Å². The third-order valence-corrected chi connectivity index (χ3v) is 5.29. The molecule has 0 spiro atoms. The predicted molar refractivity (Wildman–Crippen MR) is 106 cm³/mol. The molecule has 1 N–H and O–H groups in total. The Hall–Kier alpha value is -1.72. The van der Waals surface area contributed by atoms with Gasteiger partial charge in [0, 0.05) is 10.8 Å². The van der Waals surface area contributed by atoms with E-state index >= 15 is 0 Å². The molecule has 1 amide bonds. The van der Waals surface area contributed by atoms with E-state index in [-0.39, 0.29) is 23.5 Å². The van der Waals surface area contributed by atoms with Crippen LogP contribution < -0.4 is 10.1 Å². The zero-order valence-corrected chi connectivity index (χ0v) is 16.7. The maximum Gasteiger partial charge on any atom is 0.230 e. The predicted octanol–water partition coefficient (Wildman–Crippen LogP) is 5.30. The van der Waals surface area contributed by atoms with Crippen LogP contribution in [-0.4, -0.2) is 18.8 Å². The number of amides is 1. The summed E-state index contributed by atoms with van der Waals surface area (Å²) >= 11 is 7.12. The summed E-state index contributed by atoms with van der Waals surface area (Å²) in [7, 11) is 1.64. The number of aryl methyl sites for hydroxylation is 1. The molecule has 2 aromatic carbocycles. The molecule has 1 atom stereocenters. The van der Waals surface area contributed by atoms with Crippen molar-refractivity contribution in [3.8, 4) is 5.75 Å². The maximum atomic E-state index is 13.8. The zero-order chi connectivity index (χ0) is 19.1. The molecule has 0 aliphatic carbocycles. The lowest BCUT2D eigenvalue weighted by molar-refractivity contribution is -0.119. The van der Waals surface area contributed by atoms with Gasteiger partial charge >= 0.3 is 0 Å². The van der Waals surface area contributed by atoms with Crippen LogP contribution in [0.5, 0.6) is 5.75 Å². The SMILES string of the molecule is CC[C@@H](NC(=O)CSCc1ccc(Cl)cc1F)c1ccc(OC)c(C)c1. The molecular weight excluding hydrogens is 373 g/mol. The van der Waals surface area contributed by atoms with E-state index in [1.54, 1.807) is 19.2 Å². The van der Waals surface area contributed by atoms with Crippen LogP contribution in [0.15, 0.2) is 36.4 Å². The van der Waals surface area contributed by atoms with Gasteiger partial charge in [-0.15, -0.1) is 11.8 Å². The molecule has 0 aliphatic rings. The van der Waals surface area contributed by atoms with Crippen LogP contribution in [0, 0.1) is 12.7 Å². The Morgan fingerprint density at radius 2 is 2.08 bits per heavy atom. The molecule has 6 heteroatoms. The minimum atomic E-state index is -0.342. The molecule has 0 heterocycles. The highest BCUT2D eigenvalue weighted by molar-refractivity contribution is 7.99. The van der Waals surface area contributed by atoms with Crippen molar-refractivity contribution in [3.63, 3.8) is 0 Å². The smallest absolute Gasteiger partial charge is 0.230 e. The Morgan fingerprint density at radius 3 is 2.69 bits per heavy atom. The molecule has 2 aromatic rings. The second kappa shape index (κ2) is 9.83. The van der Waals surface area contributed by atoms with Gasteiger partial charge in [-0.2, -0.15) is 0 Å². The van der Waals surface area contributed by atoms with Crippen LogP contribution in [0.25, 0.3) is 0 Å². The average Bonchev–Trinajstić information content (AvgIpc) is 2.61. The van der Waals surface area contributed by atoms with E-state index < -0.39 is 0 Å². The largest absolute Gasteiger partial charge is 0.496 e. The van der Waals surface area contributed by atoms with E-state index in [2.05, 4.69) is 5.32 Å². The van der Waals surface area contributed by atoms with Crippen molar-refractivity contribution >= 4 is 29.3 Å². The second-order valence-electron chi connectivity index (χ2n) is 5.99. The Balaban J connectivity index is 1.89. The Bertz CT molecular complexity index is 769. The molecule has 0 fully saturated rings. The molecular formula is C20H23ClFNO2S. The topological polar surface area (TPSA) is 38.3 Å². The van der Waals surface area contributed by atoms with Gasteiger partial charge in [0.05, 0.1) is 18.9 Å². The van der Waals surface area contributed by atoms with E-state index in [0.29, 0.717) is 16.3 Å². The molecule has 0 saturated carbocycles. The van der Waals surface area contributed by atoms with Gasteiger partial charge in [-0.05, 0) is 48.2 Å². The monoisotopic (exact) mass is 395 g/mol. The Morgan fingerprint density at radius 1 is 1.31 bits per heavy atom. The molecule has 0 saturated heterocycles. The highest BCUT2D eigenvalue weighted by Gasteiger charge is 2.14. The summed E-state index contributed by atoms with van der Waals surface area (Å²) in [6, 6.07) is 10.4. The molecule has 0 radical (unpaired) electrons. The lowest BCUT2D eigenvalue weighted by atomic mass is 10.0. The van der Waals surface area contributed by atoms with Gasteiger partial charge < -0.3 is 10.1 Å². The van der Waals surface area contributed by atoms with Crippen molar-refractivity contribution < 1.29 is 13.9 Å². The number of thioether (sulfide) groups is 1. The molecule has 0 aliphatic heterocycles. The number of carbonyl (C=O) groups excluding carboxylic acids is 1. The number of rotatable bonds is 8. The van der Waals surface area contributed by atoms with Crippen LogP contribution in [-0.2, 0) is 10.5 Å². The quantitative estimate of drug-likeness (QED) is 0.659. The van der Waals surface area contributed by atoms with Crippen molar-refractivity contribution in [1.29, 1.82) is 0 Å². The highest BCUT2D eigenvalue weighted by Crippen LogP contribution is 2.24. The lowest BCUT2D eigenvalue weighted by Gasteiger charge is -2.19. The zero-order valence-electron chi connectivity index (χ0n) is 15.1. The van der Waals surface area contributed by atoms with Crippen molar-refractivity contribution in [2.24, 2.45) is 0 Å².